The van der Waals surface area contributed by atoms with Crippen molar-refractivity contribution in [2.75, 3.05) is 6.61 Å². The summed E-state index contributed by atoms with van der Waals surface area (Å²) in [7, 11) is 0. The van der Waals surface area contributed by atoms with Crippen molar-refractivity contribution in [2.24, 2.45) is 0 Å². The molecule has 7 nitrogen and oxygen atoms in total. The molecule has 0 spiro atoms. The zero-order valence-electron chi connectivity index (χ0n) is 17.9. The molecule has 7 heteroatoms. The summed E-state index contributed by atoms with van der Waals surface area (Å²) >= 11 is 0. The third-order valence-electron chi connectivity index (χ3n) is 3.57. The van der Waals surface area contributed by atoms with Gasteiger partial charge in [-0.05, 0) is 54.5 Å². The van der Waals surface area contributed by atoms with Crippen molar-refractivity contribution >= 4 is 28.8 Å². The van der Waals surface area contributed by atoms with Crippen molar-refractivity contribution in [3.05, 3.63) is 41.1 Å². The first kappa shape index (κ1) is 22.3. The molecular weight excluding hydrogens is 374 g/mol. The van der Waals surface area contributed by atoms with E-state index in [4.69, 9.17) is 14.2 Å². The number of ether oxygens (including phenoxy) is 3. The Balaban J connectivity index is 2.85. The monoisotopic (exact) mass is 401 g/mol. The van der Waals surface area contributed by atoms with Crippen LogP contribution < -0.4 is 0 Å². The van der Waals surface area contributed by atoms with Gasteiger partial charge in [0.1, 0.15) is 16.8 Å². The number of carbonyl (C=O) groups excluding carboxylic acids is 3. The molecule has 0 fully saturated rings. The number of hydrogen-bond donors (Lipinski definition) is 0. The van der Waals surface area contributed by atoms with Crippen LogP contribution in [0.2, 0.25) is 0 Å². The van der Waals surface area contributed by atoms with Gasteiger partial charge in [0.2, 0.25) is 0 Å². The van der Waals surface area contributed by atoms with E-state index in [2.05, 4.69) is 4.98 Å². The van der Waals surface area contributed by atoms with Crippen LogP contribution in [0.4, 0.5) is 0 Å². The van der Waals surface area contributed by atoms with Crippen molar-refractivity contribution < 1.29 is 28.6 Å². The molecule has 29 heavy (non-hydrogen) atoms. The fraction of sp³-hybridized carbons (Fsp3) is 0.455. The highest BCUT2D eigenvalue weighted by Crippen LogP contribution is 2.28. The fourth-order valence-corrected chi connectivity index (χ4v) is 2.63. The average Bonchev–Trinajstić information content (AvgIpc) is 2.57. The predicted octanol–water partition coefficient (Wildman–Crippen LogP) is 4.32. The molecule has 0 amide bonds. The number of carbonyl (C=O) groups is 3. The molecule has 0 atom stereocenters. The van der Waals surface area contributed by atoms with Gasteiger partial charge in [0, 0.05) is 5.39 Å². The quantitative estimate of drug-likeness (QED) is 0.556. The van der Waals surface area contributed by atoms with Gasteiger partial charge in [-0.25, -0.2) is 19.4 Å². The van der Waals surface area contributed by atoms with E-state index in [0.717, 1.165) is 0 Å². The maximum atomic E-state index is 13.0. The summed E-state index contributed by atoms with van der Waals surface area (Å²) in [5.41, 5.74) is -1.90. The predicted molar refractivity (Wildman–Crippen MR) is 108 cm³/mol. The molecule has 1 heterocycles. The van der Waals surface area contributed by atoms with Crippen molar-refractivity contribution in [1.82, 2.24) is 4.98 Å². The topological polar surface area (TPSA) is 91.8 Å². The third-order valence-corrected chi connectivity index (χ3v) is 3.57. The molecule has 0 aliphatic rings. The maximum absolute atomic E-state index is 13.0. The Kier molecular flexibility index (Phi) is 6.30. The van der Waals surface area contributed by atoms with Crippen LogP contribution in [0.25, 0.3) is 10.9 Å². The molecular formula is C22H27NO6. The number of nitrogens with zero attached hydrogens (tertiary/aromatic N) is 1. The summed E-state index contributed by atoms with van der Waals surface area (Å²) in [6.07, 6.45) is 0. The molecule has 0 unspecified atom stereocenters. The van der Waals surface area contributed by atoms with Gasteiger partial charge >= 0.3 is 17.9 Å². The van der Waals surface area contributed by atoms with Crippen LogP contribution in [0.1, 0.15) is 79.7 Å². The number of aromatic nitrogens is 1. The van der Waals surface area contributed by atoms with E-state index in [1.165, 1.54) is 0 Å². The molecule has 1 aromatic carbocycles. The van der Waals surface area contributed by atoms with Crippen LogP contribution in [0.3, 0.4) is 0 Å². The SMILES string of the molecule is CCOC(=O)c1c(C(=O)OC(C)(C)C)c(C(=O)OC(C)(C)C)nc2ccccc12. The van der Waals surface area contributed by atoms with Crippen LogP contribution in [0.5, 0.6) is 0 Å². The third kappa shape index (κ3) is 5.53. The van der Waals surface area contributed by atoms with Crippen LogP contribution >= 0.6 is 0 Å². The first-order valence-electron chi connectivity index (χ1n) is 9.40. The molecule has 0 saturated heterocycles. The van der Waals surface area contributed by atoms with E-state index in [1.54, 1.807) is 72.7 Å². The number of pyridine rings is 1. The lowest BCUT2D eigenvalue weighted by atomic mass is 9.99. The molecule has 0 radical (unpaired) electrons. The van der Waals surface area contributed by atoms with Crippen molar-refractivity contribution in [2.45, 2.75) is 59.7 Å². The van der Waals surface area contributed by atoms with Gasteiger partial charge in [-0.3, -0.25) is 0 Å². The Labute approximate surface area is 170 Å². The Hall–Kier alpha value is -2.96. The normalized spacial score (nSPS) is 11.8. The average molecular weight is 401 g/mol. The second-order valence-electron chi connectivity index (χ2n) is 8.45. The van der Waals surface area contributed by atoms with Crippen molar-refractivity contribution in [1.29, 1.82) is 0 Å². The van der Waals surface area contributed by atoms with Gasteiger partial charge in [0.05, 0.1) is 17.7 Å². The van der Waals surface area contributed by atoms with Gasteiger partial charge in [-0.1, -0.05) is 18.2 Å². The molecule has 0 aliphatic carbocycles. The molecule has 2 aromatic rings. The number of rotatable bonds is 4. The van der Waals surface area contributed by atoms with Gasteiger partial charge in [-0.15, -0.1) is 0 Å². The van der Waals surface area contributed by atoms with Gasteiger partial charge in [0.25, 0.3) is 0 Å². The lowest BCUT2D eigenvalue weighted by Gasteiger charge is -2.23. The molecule has 1 aromatic heterocycles. The molecule has 0 N–H and O–H groups in total. The molecule has 2 rings (SSSR count). The van der Waals surface area contributed by atoms with Crippen LogP contribution in [-0.2, 0) is 14.2 Å². The zero-order chi connectivity index (χ0) is 22.0. The summed E-state index contributed by atoms with van der Waals surface area (Å²) < 4.78 is 16.1. The van der Waals surface area contributed by atoms with E-state index in [0.29, 0.717) is 10.9 Å². The van der Waals surface area contributed by atoms with Gasteiger partial charge in [0.15, 0.2) is 5.69 Å². The maximum Gasteiger partial charge on any atom is 0.358 e. The Bertz CT molecular complexity index is 950. The van der Waals surface area contributed by atoms with Crippen LogP contribution in [0, 0.1) is 0 Å². The standard InChI is InChI=1S/C22H27NO6/c1-8-27-18(24)15-13-11-9-10-12-14(13)23-17(20(26)29-22(5,6)7)16(15)19(25)28-21(2,3)4/h9-12H,8H2,1-7H3. The molecule has 156 valence electrons. The Morgan fingerprint density at radius 3 is 1.93 bits per heavy atom. The highest BCUT2D eigenvalue weighted by Gasteiger charge is 2.34. The smallest absolute Gasteiger partial charge is 0.358 e. The molecule has 0 aliphatic heterocycles. The first-order chi connectivity index (χ1) is 13.3. The summed E-state index contributed by atoms with van der Waals surface area (Å²) in [6.45, 7) is 11.9. The molecule has 0 bridgehead atoms. The van der Waals surface area contributed by atoms with Gasteiger partial charge < -0.3 is 14.2 Å². The van der Waals surface area contributed by atoms with E-state index < -0.39 is 29.1 Å². The van der Waals surface area contributed by atoms with Crippen LogP contribution in [0.15, 0.2) is 24.3 Å². The second kappa shape index (κ2) is 8.19. The minimum atomic E-state index is -0.848. The summed E-state index contributed by atoms with van der Waals surface area (Å²) in [6, 6.07) is 6.71. The van der Waals surface area contributed by atoms with Crippen LogP contribution in [-0.4, -0.2) is 40.7 Å². The number of fused-ring (bicyclic) bond motifs is 1. The van der Waals surface area contributed by atoms with Crippen molar-refractivity contribution in [3.63, 3.8) is 0 Å². The Morgan fingerprint density at radius 2 is 1.38 bits per heavy atom. The number of para-hydroxylation sites is 1. The summed E-state index contributed by atoms with van der Waals surface area (Å²) in [5.74, 6) is -2.41. The molecule has 0 saturated carbocycles. The number of hydrogen-bond acceptors (Lipinski definition) is 7. The minimum absolute atomic E-state index is 0.0624. The highest BCUT2D eigenvalue weighted by atomic mass is 16.6. The summed E-state index contributed by atoms with van der Waals surface area (Å²) in [5, 5.41) is 0.388. The summed E-state index contributed by atoms with van der Waals surface area (Å²) in [4.78, 5) is 43.1. The Morgan fingerprint density at radius 1 is 0.828 bits per heavy atom. The fourth-order valence-electron chi connectivity index (χ4n) is 2.63. The highest BCUT2D eigenvalue weighted by molar-refractivity contribution is 6.16. The van der Waals surface area contributed by atoms with E-state index in [1.807, 2.05) is 0 Å². The number of benzene rings is 1. The van der Waals surface area contributed by atoms with Crippen molar-refractivity contribution in [3.8, 4) is 0 Å². The lowest BCUT2D eigenvalue weighted by molar-refractivity contribution is 0.00117. The van der Waals surface area contributed by atoms with E-state index in [9.17, 15) is 14.4 Å². The second-order valence-corrected chi connectivity index (χ2v) is 8.45. The minimum Gasteiger partial charge on any atom is -0.462 e. The zero-order valence-corrected chi connectivity index (χ0v) is 17.9. The van der Waals surface area contributed by atoms with E-state index >= 15 is 0 Å². The lowest BCUT2D eigenvalue weighted by Crippen LogP contribution is -2.30. The van der Waals surface area contributed by atoms with Gasteiger partial charge in [-0.2, -0.15) is 0 Å². The van der Waals surface area contributed by atoms with E-state index in [-0.39, 0.29) is 23.4 Å². The first-order valence-corrected chi connectivity index (χ1v) is 9.40. The number of esters is 3. The largest absolute Gasteiger partial charge is 0.462 e.